The maximum atomic E-state index is 12.7. The summed E-state index contributed by atoms with van der Waals surface area (Å²) >= 11 is 1.67. The van der Waals surface area contributed by atoms with Crippen molar-refractivity contribution in [1.82, 2.24) is 9.80 Å². The highest BCUT2D eigenvalue weighted by molar-refractivity contribution is 8.00. The average Bonchev–Trinajstić information content (AvgIpc) is 2.64. The van der Waals surface area contributed by atoms with Crippen molar-refractivity contribution in [2.45, 2.75) is 36.8 Å². The second kappa shape index (κ2) is 9.06. The third-order valence-electron chi connectivity index (χ3n) is 5.23. The van der Waals surface area contributed by atoms with E-state index in [-0.39, 0.29) is 11.2 Å². The van der Waals surface area contributed by atoms with E-state index in [9.17, 15) is 4.79 Å². The number of likely N-dealkylation sites (tertiary alicyclic amines) is 1. The van der Waals surface area contributed by atoms with Crippen LogP contribution in [0.4, 0.5) is 0 Å². The average molecular weight is 363 g/mol. The van der Waals surface area contributed by atoms with Gasteiger partial charge < -0.3 is 9.64 Å². The van der Waals surface area contributed by atoms with E-state index < -0.39 is 0 Å². The van der Waals surface area contributed by atoms with E-state index in [0.29, 0.717) is 0 Å². The smallest absolute Gasteiger partial charge is 0.235 e. The SMILES string of the molecule is Cc1ccc(SC(C)C(=O)N2CCC(CN3CCOCC3)CC2)cc1. The number of carbonyl (C=O) groups is 1. The molecule has 1 aromatic carbocycles. The molecule has 0 bridgehead atoms. The van der Waals surface area contributed by atoms with Crippen LogP contribution < -0.4 is 0 Å². The van der Waals surface area contributed by atoms with Gasteiger partial charge in [-0.2, -0.15) is 0 Å². The van der Waals surface area contributed by atoms with Crippen LogP contribution in [-0.4, -0.2) is 66.9 Å². The molecule has 1 amide bonds. The van der Waals surface area contributed by atoms with Gasteiger partial charge in [-0.05, 0) is 44.7 Å². The maximum absolute atomic E-state index is 12.7. The Bertz CT molecular complexity index is 549. The molecule has 4 nitrogen and oxygen atoms in total. The summed E-state index contributed by atoms with van der Waals surface area (Å²) in [6, 6.07) is 8.43. The fourth-order valence-corrected chi connectivity index (χ4v) is 4.56. The van der Waals surface area contributed by atoms with Crippen LogP contribution in [0, 0.1) is 12.8 Å². The number of thioether (sulfide) groups is 1. The number of piperidine rings is 1. The highest BCUT2D eigenvalue weighted by Crippen LogP contribution is 2.27. The number of hydrogen-bond acceptors (Lipinski definition) is 4. The first-order valence-corrected chi connectivity index (χ1v) is 10.3. The summed E-state index contributed by atoms with van der Waals surface area (Å²) in [6.07, 6.45) is 2.26. The maximum Gasteiger partial charge on any atom is 0.235 e. The van der Waals surface area contributed by atoms with Crippen LogP contribution in [0.3, 0.4) is 0 Å². The van der Waals surface area contributed by atoms with E-state index in [2.05, 4.69) is 41.0 Å². The number of aryl methyl sites for hydroxylation is 1. The Balaban J connectivity index is 1.43. The van der Waals surface area contributed by atoms with Gasteiger partial charge in [0.2, 0.25) is 5.91 Å². The molecule has 3 rings (SSSR count). The largest absolute Gasteiger partial charge is 0.379 e. The van der Waals surface area contributed by atoms with Crippen LogP contribution in [0.2, 0.25) is 0 Å². The molecule has 0 aliphatic carbocycles. The van der Waals surface area contributed by atoms with Gasteiger partial charge in [0.25, 0.3) is 0 Å². The van der Waals surface area contributed by atoms with Gasteiger partial charge in [0.15, 0.2) is 0 Å². The van der Waals surface area contributed by atoms with Gasteiger partial charge in [-0.15, -0.1) is 11.8 Å². The number of carbonyl (C=O) groups excluding carboxylic acids is 1. The van der Waals surface area contributed by atoms with Gasteiger partial charge in [0.1, 0.15) is 0 Å². The van der Waals surface area contributed by atoms with E-state index in [0.717, 1.165) is 58.2 Å². The number of amides is 1. The summed E-state index contributed by atoms with van der Waals surface area (Å²) in [4.78, 5) is 18.5. The molecule has 0 N–H and O–H groups in total. The molecule has 0 saturated carbocycles. The number of hydrogen-bond donors (Lipinski definition) is 0. The monoisotopic (exact) mass is 362 g/mol. The molecule has 2 fully saturated rings. The normalized spacial score (nSPS) is 21.3. The minimum absolute atomic E-state index is 0.0153. The number of morpholine rings is 1. The first-order valence-electron chi connectivity index (χ1n) is 9.44. The fourth-order valence-electron chi connectivity index (χ4n) is 3.61. The molecule has 25 heavy (non-hydrogen) atoms. The zero-order valence-electron chi connectivity index (χ0n) is 15.4. The van der Waals surface area contributed by atoms with Crippen LogP contribution in [0.25, 0.3) is 0 Å². The Morgan fingerprint density at radius 2 is 1.80 bits per heavy atom. The molecule has 0 spiro atoms. The van der Waals surface area contributed by atoms with Gasteiger partial charge in [-0.25, -0.2) is 0 Å². The topological polar surface area (TPSA) is 32.8 Å². The van der Waals surface area contributed by atoms with Crippen molar-refractivity contribution in [2.75, 3.05) is 45.9 Å². The summed E-state index contributed by atoms with van der Waals surface area (Å²) in [6.45, 7) is 11.0. The summed E-state index contributed by atoms with van der Waals surface area (Å²) in [7, 11) is 0. The van der Waals surface area contributed by atoms with Crippen molar-refractivity contribution in [3.63, 3.8) is 0 Å². The van der Waals surface area contributed by atoms with Crippen LogP contribution in [0.15, 0.2) is 29.2 Å². The summed E-state index contributed by atoms with van der Waals surface area (Å²) < 4.78 is 5.42. The summed E-state index contributed by atoms with van der Waals surface area (Å²) in [5.74, 6) is 1.01. The fraction of sp³-hybridized carbons (Fsp3) is 0.650. The highest BCUT2D eigenvalue weighted by Gasteiger charge is 2.27. The Hall–Kier alpha value is -1.04. The molecule has 1 unspecified atom stereocenters. The van der Waals surface area contributed by atoms with Crippen molar-refractivity contribution < 1.29 is 9.53 Å². The van der Waals surface area contributed by atoms with Gasteiger partial charge in [-0.3, -0.25) is 9.69 Å². The number of rotatable bonds is 5. The van der Waals surface area contributed by atoms with Crippen molar-refractivity contribution in [1.29, 1.82) is 0 Å². The molecule has 2 aliphatic heterocycles. The second-order valence-electron chi connectivity index (χ2n) is 7.25. The molecule has 2 aliphatic rings. The van der Waals surface area contributed by atoms with Crippen LogP contribution in [0.1, 0.15) is 25.3 Å². The number of ether oxygens (including phenoxy) is 1. The van der Waals surface area contributed by atoms with Gasteiger partial charge in [0, 0.05) is 37.6 Å². The third kappa shape index (κ3) is 5.47. The molecular formula is C20H30N2O2S. The van der Waals surface area contributed by atoms with Crippen LogP contribution in [-0.2, 0) is 9.53 Å². The highest BCUT2D eigenvalue weighted by atomic mass is 32.2. The standard InChI is InChI=1S/C20H30N2O2S/c1-16-3-5-19(6-4-16)25-17(2)20(23)22-9-7-18(8-10-22)15-21-11-13-24-14-12-21/h3-6,17-18H,7-15H2,1-2H3. The Labute approximate surface area is 155 Å². The second-order valence-corrected chi connectivity index (χ2v) is 8.67. The molecule has 0 aromatic heterocycles. The van der Waals surface area contributed by atoms with E-state index in [1.807, 2.05) is 6.92 Å². The lowest BCUT2D eigenvalue weighted by Gasteiger charge is -2.36. The van der Waals surface area contributed by atoms with E-state index in [1.54, 1.807) is 11.8 Å². The zero-order chi connectivity index (χ0) is 17.6. The molecule has 5 heteroatoms. The quantitative estimate of drug-likeness (QED) is 0.754. The summed E-state index contributed by atoms with van der Waals surface area (Å²) in [5.41, 5.74) is 1.26. The Morgan fingerprint density at radius 3 is 2.44 bits per heavy atom. The molecule has 0 radical (unpaired) electrons. The lowest BCUT2D eigenvalue weighted by molar-refractivity contribution is -0.131. The first-order chi connectivity index (χ1) is 12.1. The van der Waals surface area contributed by atoms with E-state index >= 15 is 0 Å². The van der Waals surface area contributed by atoms with Gasteiger partial charge in [-0.1, -0.05) is 17.7 Å². The minimum Gasteiger partial charge on any atom is -0.379 e. The van der Waals surface area contributed by atoms with Crippen LogP contribution in [0.5, 0.6) is 0 Å². The molecule has 138 valence electrons. The van der Waals surface area contributed by atoms with Crippen LogP contribution >= 0.6 is 11.8 Å². The van der Waals surface area contributed by atoms with Gasteiger partial charge in [0.05, 0.1) is 18.5 Å². The predicted molar refractivity (Wildman–Crippen MR) is 103 cm³/mol. The number of nitrogens with zero attached hydrogens (tertiary/aromatic N) is 2. The van der Waals surface area contributed by atoms with Crippen molar-refractivity contribution in [3.05, 3.63) is 29.8 Å². The Kier molecular flexibility index (Phi) is 6.79. The minimum atomic E-state index is -0.0153. The van der Waals surface area contributed by atoms with Gasteiger partial charge >= 0.3 is 0 Å². The van der Waals surface area contributed by atoms with Crippen molar-refractivity contribution in [3.8, 4) is 0 Å². The van der Waals surface area contributed by atoms with Crippen molar-refractivity contribution >= 4 is 17.7 Å². The lowest BCUT2D eigenvalue weighted by Crippen LogP contribution is -2.45. The van der Waals surface area contributed by atoms with Crippen molar-refractivity contribution in [2.24, 2.45) is 5.92 Å². The predicted octanol–water partition coefficient (Wildman–Crippen LogP) is 3.05. The molecule has 2 saturated heterocycles. The molecular weight excluding hydrogens is 332 g/mol. The third-order valence-corrected chi connectivity index (χ3v) is 6.33. The van der Waals surface area contributed by atoms with E-state index in [1.165, 1.54) is 17.0 Å². The van der Waals surface area contributed by atoms with E-state index in [4.69, 9.17) is 4.74 Å². The molecule has 1 aromatic rings. The zero-order valence-corrected chi connectivity index (χ0v) is 16.3. The lowest BCUT2D eigenvalue weighted by atomic mass is 9.96. The summed E-state index contributed by atoms with van der Waals surface area (Å²) in [5, 5.41) is -0.0153. The molecule has 2 heterocycles. The molecule has 1 atom stereocenters. The Morgan fingerprint density at radius 1 is 1.16 bits per heavy atom. The first kappa shape index (κ1) is 18.7. The number of benzene rings is 1.